The van der Waals surface area contributed by atoms with Crippen LogP contribution in [-0.2, 0) is 0 Å². The van der Waals surface area contributed by atoms with Gasteiger partial charge in [-0.2, -0.15) is 0 Å². The van der Waals surface area contributed by atoms with Crippen molar-refractivity contribution in [1.29, 1.82) is 0 Å². The zero-order valence-electron chi connectivity index (χ0n) is 10.6. The van der Waals surface area contributed by atoms with Crippen LogP contribution in [0.2, 0.25) is 5.02 Å². The number of ketones is 1. The quantitative estimate of drug-likeness (QED) is 0.701. The maximum atomic E-state index is 12.3. The van der Waals surface area contributed by atoms with Crippen LogP contribution in [0.3, 0.4) is 0 Å². The first-order valence-electron chi connectivity index (χ1n) is 6.29. The summed E-state index contributed by atoms with van der Waals surface area (Å²) in [6.45, 7) is 0. The Labute approximate surface area is 122 Å². The molecular weight excluding hydrogens is 270 g/mol. The molecule has 0 aliphatic carbocycles. The summed E-state index contributed by atoms with van der Waals surface area (Å²) in [5.74, 6) is -0.00851. The van der Waals surface area contributed by atoms with Crippen LogP contribution in [0.5, 0.6) is 0 Å². The van der Waals surface area contributed by atoms with Gasteiger partial charge in [0.05, 0.1) is 5.69 Å². The Morgan fingerprint density at radius 1 is 0.850 bits per heavy atom. The minimum atomic E-state index is -0.00851. The standard InChI is InChI=1S/C17H12ClNO/c18-14-8-6-12(7-9-14)15-10-11-16(19-15)17(20)13-4-2-1-3-5-13/h1-11,19H. The molecule has 20 heavy (non-hydrogen) atoms. The van der Waals surface area contributed by atoms with Crippen LogP contribution in [-0.4, -0.2) is 10.8 Å². The van der Waals surface area contributed by atoms with E-state index in [1.165, 1.54) is 0 Å². The van der Waals surface area contributed by atoms with Crippen LogP contribution in [0.4, 0.5) is 0 Å². The summed E-state index contributed by atoms with van der Waals surface area (Å²) in [5, 5.41) is 0.695. The Kier molecular flexibility index (Phi) is 3.40. The molecule has 0 bridgehead atoms. The number of aromatic nitrogens is 1. The van der Waals surface area contributed by atoms with Crippen molar-refractivity contribution in [2.45, 2.75) is 0 Å². The molecule has 3 rings (SSSR count). The molecule has 1 N–H and O–H groups in total. The van der Waals surface area contributed by atoms with Gasteiger partial charge >= 0.3 is 0 Å². The molecule has 0 amide bonds. The van der Waals surface area contributed by atoms with Crippen LogP contribution >= 0.6 is 11.6 Å². The Morgan fingerprint density at radius 2 is 1.55 bits per heavy atom. The number of carbonyl (C=O) groups is 1. The molecule has 0 spiro atoms. The predicted octanol–water partition coefficient (Wildman–Crippen LogP) is 4.57. The van der Waals surface area contributed by atoms with Crippen molar-refractivity contribution in [1.82, 2.24) is 4.98 Å². The van der Waals surface area contributed by atoms with Gasteiger partial charge in [0.25, 0.3) is 0 Å². The third-order valence-corrected chi connectivity index (χ3v) is 3.37. The van der Waals surface area contributed by atoms with Crippen LogP contribution in [0.25, 0.3) is 11.3 Å². The smallest absolute Gasteiger partial charge is 0.209 e. The number of benzene rings is 2. The molecule has 0 unspecified atom stereocenters. The summed E-state index contributed by atoms with van der Waals surface area (Å²) < 4.78 is 0. The lowest BCUT2D eigenvalue weighted by atomic mass is 10.1. The average Bonchev–Trinajstić information content (AvgIpc) is 2.98. The second kappa shape index (κ2) is 5.35. The number of H-pyrrole nitrogens is 1. The maximum Gasteiger partial charge on any atom is 0.209 e. The van der Waals surface area contributed by atoms with Gasteiger partial charge < -0.3 is 4.98 Å². The maximum absolute atomic E-state index is 12.3. The normalized spacial score (nSPS) is 10.4. The SMILES string of the molecule is O=C(c1ccccc1)c1ccc(-c2ccc(Cl)cc2)[nH]1. The van der Waals surface area contributed by atoms with Crippen molar-refractivity contribution in [2.75, 3.05) is 0 Å². The van der Waals surface area contributed by atoms with E-state index < -0.39 is 0 Å². The molecule has 0 aliphatic rings. The van der Waals surface area contributed by atoms with Crippen molar-refractivity contribution < 1.29 is 4.79 Å². The molecule has 1 aromatic heterocycles. The van der Waals surface area contributed by atoms with Crippen LogP contribution in [0.1, 0.15) is 16.1 Å². The molecule has 0 atom stereocenters. The van der Waals surface area contributed by atoms with Crippen molar-refractivity contribution >= 4 is 17.4 Å². The summed E-state index contributed by atoms with van der Waals surface area (Å²) in [6.07, 6.45) is 0. The molecule has 2 nitrogen and oxygen atoms in total. The summed E-state index contributed by atoms with van der Waals surface area (Å²) in [5.41, 5.74) is 3.17. The lowest BCUT2D eigenvalue weighted by Crippen LogP contribution is -2.01. The van der Waals surface area contributed by atoms with Gasteiger partial charge in [-0.05, 0) is 29.8 Å². The third kappa shape index (κ3) is 2.51. The average molecular weight is 282 g/mol. The highest BCUT2D eigenvalue weighted by Gasteiger charge is 2.11. The van der Waals surface area contributed by atoms with E-state index in [9.17, 15) is 4.79 Å². The van der Waals surface area contributed by atoms with Crippen molar-refractivity contribution in [3.05, 3.63) is 83.0 Å². The van der Waals surface area contributed by atoms with Gasteiger partial charge in [-0.1, -0.05) is 54.1 Å². The highest BCUT2D eigenvalue weighted by molar-refractivity contribution is 6.30. The number of hydrogen-bond donors (Lipinski definition) is 1. The summed E-state index contributed by atoms with van der Waals surface area (Å²) in [4.78, 5) is 15.4. The molecule has 1 heterocycles. The van der Waals surface area contributed by atoms with E-state index in [1.54, 1.807) is 6.07 Å². The van der Waals surface area contributed by atoms with E-state index in [4.69, 9.17) is 11.6 Å². The van der Waals surface area contributed by atoms with Gasteiger partial charge in [0, 0.05) is 16.3 Å². The third-order valence-electron chi connectivity index (χ3n) is 3.12. The van der Waals surface area contributed by atoms with E-state index >= 15 is 0 Å². The zero-order valence-corrected chi connectivity index (χ0v) is 11.4. The monoisotopic (exact) mass is 281 g/mol. The molecule has 0 radical (unpaired) electrons. The molecule has 0 saturated carbocycles. The Balaban J connectivity index is 1.91. The van der Waals surface area contributed by atoms with Gasteiger partial charge in [0.2, 0.25) is 5.78 Å². The van der Waals surface area contributed by atoms with Crippen LogP contribution in [0.15, 0.2) is 66.7 Å². The fourth-order valence-corrected chi connectivity index (χ4v) is 2.20. The molecule has 3 aromatic rings. The lowest BCUT2D eigenvalue weighted by Gasteiger charge is -2.00. The van der Waals surface area contributed by atoms with Crippen molar-refractivity contribution in [3.8, 4) is 11.3 Å². The Hall–Kier alpha value is -2.32. The number of hydrogen-bond acceptors (Lipinski definition) is 1. The highest BCUT2D eigenvalue weighted by Crippen LogP contribution is 2.21. The number of halogens is 1. The van der Waals surface area contributed by atoms with Gasteiger partial charge in [-0.3, -0.25) is 4.79 Å². The van der Waals surface area contributed by atoms with E-state index in [-0.39, 0.29) is 5.78 Å². The molecule has 3 heteroatoms. The second-order valence-electron chi connectivity index (χ2n) is 4.49. The molecule has 98 valence electrons. The summed E-state index contributed by atoms with van der Waals surface area (Å²) in [6, 6.07) is 20.4. The summed E-state index contributed by atoms with van der Waals surface area (Å²) in [7, 11) is 0. The van der Waals surface area contributed by atoms with Crippen molar-refractivity contribution in [2.24, 2.45) is 0 Å². The van der Waals surface area contributed by atoms with Crippen molar-refractivity contribution in [3.63, 3.8) is 0 Å². The molecular formula is C17H12ClNO. The highest BCUT2D eigenvalue weighted by atomic mass is 35.5. The molecule has 0 saturated heterocycles. The lowest BCUT2D eigenvalue weighted by molar-refractivity contribution is 0.103. The van der Waals surface area contributed by atoms with E-state index in [0.717, 1.165) is 11.3 Å². The Morgan fingerprint density at radius 3 is 2.25 bits per heavy atom. The first kappa shape index (κ1) is 12.7. The fourth-order valence-electron chi connectivity index (χ4n) is 2.07. The minimum Gasteiger partial charge on any atom is -0.352 e. The first-order chi connectivity index (χ1) is 9.74. The Bertz CT molecular complexity index is 729. The number of nitrogens with one attached hydrogen (secondary N) is 1. The first-order valence-corrected chi connectivity index (χ1v) is 6.66. The van der Waals surface area contributed by atoms with E-state index in [1.807, 2.05) is 60.7 Å². The second-order valence-corrected chi connectivity index (χ2v) is 4.92. The predicted molar refractivity (Wildman–Crippen MR) is 81.1 cm³/mol. The zero-order chi connectivity index (χ0) is 13.9. The van der Waals surface area contributed by atoms with E-state index in [2.05, 4.69) is 4.98 Å². The van der Waals surface area contributed by atoms with Gasteiger partial charge in [-0.15, -0.1) is 0 Å². The van der Waals surface area contributed by atoms with Gasteiger partial charge in [-0.25, -0.2) is 0 Å². The topological polar surface area (TPSA) is 32.9 Å². The fraction of sp³-hybridized carbons (Fsp3) is 0. The molecule has 2 aromatic carbocycles. The summed E-state index contributed by atoms with van der Waals surface area (Å²) >= 11 is 5.87. The number of carbonyl (C=O) groups excluding carboxylic acids is 1. The van der Waals surface area contributed by atoms with Crippen LogP contribution < -0.4 is 0 Å². The van der Waals surface area contributed by atoms with Gasteiger partial charge in [0.15, 0.2) is 0 Å². The molecule has 0 fully saturated rings. The number of aromatic amines is 1. The molecule has 0 aliphatic heterocycles. The van der Waals surface area contributed by atoms with Gasteiger partial charge in [0.1, 0.15) is 0 Å². The largest absolute Gasteiger partial charge is 0.352 e. The van der Waals surface area contributed by atoms with Crippen LogP contribution in [0, 0.1) is 0 Å². The van der Waals surface area contributed by atoms with E-state index in [0.29, 0.717) is 16.3 Å². The minimum absolute atomic E-state index is 0.00851. The number of rotatable bonds is 3.